The number of aldehydes is 1. The molecule has 4 N–H and O–H groups in total. The van der Waals surface area contributed by atoms with Crippen LogP contribution in [0.1, 0.15) is 76.3 Å². The van der Waals surface area contributed by atoms with Crippen LogP contribution in [0, 0.1) is 5.92 Å². The second kappa shape index (κ2) is 20.2. The number of nitrogens with one attached hydrogen (secondary N) is 2. The molecular weight excluding hydrogens is 510 g/mol. The molecule has 0 bridgehead atoms. The van der Waals surface area contributed by atoms with E-state index in [1.807, 2.05) is 19.0 Å². The number of hydrogen-bond acceptors (Lipinski definition) is 7. The molecule has 0 saturated heterocycles. The minimum absolute atomic E-state index is 0.0742. The number of nitrogens with two attached hydrogens (primary N) is 1. The number of nitrogens with zero attached hydrogens (tertiary/aromatic N) is 2. The summed E-state index contributed by atoms with van der Waals surface area (Å²) in [6.07, 6.45) is 12.4. The van der Waals surface area contributed by atoms with Gasteiger partial charge in [-0.25, -0.2) is 4.98 Å². The van der Waals surface area contributed by atoms with Gasteiger partial charge in [-0.3, -0.25) is 14.4 Å². The molecule has 9 heteroatoms. The molecule has 0 radical (unpaired) electrons. The Bertz CT molecular complexity index is 1010. The highest BCUT2D eigenvalue weighted by Crippen LogP contribution is 2.28. The van der Waals surface area contributed by atoms with Crippen LogP contribution in [0.4, 0.5) is 0 Å². The van der Waals surface area contributed by atoms with Crippen LogP contribution in [0.25, 0.3) is 10.2 Å². The lowest BCUT2D eigenvalue weighted by Crippen LogP contribution is -2.45. The first kappa shape index (κ1) is 34.2. The van der Waals surface area contributed by atoms with Gasteiger partial charge in [0.15, 0.2) is 0 Å². The van der Waals surface area contributed by atoms with Gasteiger partial charge in [0.25, 0.3) is 0 Å². The Hall–Kier alpha value is -2.78. The Balaban J connectivity index is 0.000000975. The average molecular weight is 560 g/mol. The highest BCUT2D eigenvalue weighted by Gasteiger charge is 2.26. The van der Waals surface area contributed by atoms with E-state index in [1.54, 1.807) is 17.5 Å². The Kier molecular flexibility index (Phi) is 17.7. The van der Waals surface area contributed by atoms with Gasteiger partial charge in [-0.15, -0.1) is 11.3 Å². The summed E-state index contributed by atoms with van der Waals surface area (Å²) in [4.78, 5) is 39.3. The number of aromatic nitrogens is 1. The Morgan fingerprint density at radius 2 is 1.85 bits per heavy atom. The van der Waals surface area contributed by atoms with Crippen LogP contribution in [0.15, 0.2) is 30.0 Å². The molecule has 0 spiro atoms. The van der Waals surface area contributed by atoms with Crippen molar-refractivity contribution in [1.82, 2.24) is 20.5 Å². The molecule has 8 nitrogen and oxygen atoms in total. The summed E-state index contributed by atoms with van der Waals surface area (Å²) in [5.74, 6) is 0.563. The summed E-state index contributed by atoms with van der Waals surface area (Å²) in [5.41, 5.74) is 7.20. The molecule has 1 saturated carbocycles. The number of fused-ring (bicyclic) bond motifs is 1. The Labute approximate surface area is 238 Å². The van der Waals surface area contributed by atoms with Crippen LogP contribution < -0.4 is 16.4 Å². The Morgan fingerprint density at radius 3 is 2.41 bits per heavy atom. The van der Waals surface area contributed by atoms with E-state index in [9.17, 15) is 9.59 Å². The van der Waals surface area contributed by atoms with Crippen LogP contribution in [-0.4, -0.2) is 61.7 Å². The summed E-state index contributed by atoms with van der Waals surface area (Å²) in [5, 5.41) is 7.56. The number of benzene rings is 1. The third kappa shape index (κ3) is 13.7. The minimum Gasteiger partial charge on any atom is -0.388 e. The molecule has 1 aromatic heterocycles. The number of primary amides is 1. The van der Waals surface area contributed by atoms with Crippen molar-refractivity contribution >= 4 is 40.2 Å². The number of rotatable bonds is 13. The summed E-state index contributed by atoms with van der Waals surface area (Å²) in [7, 11) is 3.88. The summed E-state index contributed by atoms with van der Waals surface area (Å²) < 4.78 is 1.20. The van der Waals surface area contributed by atoms with Gasteiger partial charge >= 0.3 is 0 Å². The van der Waals surface area contributed by atoms with Gasteiger partial charge in [-0.2, -0.15) is 0 Å². The Morgan fingerprint density at radius 1 is 1.18 bits per heavy atom. The molecular formula is C30H49N5O3S. The summed E-state index contributed by atoms with van der Waals surface area (Å²) in [6, 6.07) is 6.49. The van der Waals surface area contributed by atoms with E-state index in [-0.39, 0.29) is 18.4 Å². The normalized spacial score (nSPS) is 14.2. The van der Waals surface area contributed by atoms with E-state index in [2.05, 4.69) is 55.3 Å². The molecule has 1 fully saturated rings. The first-order valence-electron chi connectivity index (χ1n) is 14.2. The molecule has 2 aromatic rings. The monoisotopic (exact) mass is 559 g/mol. The predicted octanol–water partition coefficient (Wildman–Crippen LogP) is 4.61. The van der Waals surface area contributed by atoms with Crippen molar-refractivity contribution in [3.8, 4) is 0 Å². The number of likely N-dealkylation sites (N-methyl/N-ethyl adjacent to an activating group) is 1. The van der Waals surface area contributed by atoms with Crippen LogP contribution >= 0.6 is 11.3 Å². The van der Waals surface area contributed by atoms with Crippen molar-refractivity contribution in [3.05, 3.63) is 40.5 Å². The highest BCUT2D eigenvalue weighted by atomic mass is 32.1. The number of thiazole rings is 1. The quantitative estimate of drug-likeness (QED) is 0.244. The van der Waals surface area contributed by atoms with E-state index < -0.39 is 0 Å². The summed E-state index contributed by atoms with van der Waals surface area (Å²) in [6.45, 7) is 7.75. The third-order valence-electron chi connectivity index (χ3n) is 6.56. The van der Waals surface area contributed by atoms with Crippen molar-refractivity contribution in [1.29, 1.82) is 0 Å². The number of unbranched alkanes of at least 4 members (excludes halogenated alkanes) is 1. The lowest BCUT2D eigenvalue weighted by molar-refractivity contribution is -0.122. The molecule has 1 aromatic carbocycles. The maximum Gasteiger partial charge on any atom is 0.220 e. The van der Waals surface area contributed by atoms with Gasteiger partial charge in [-0.05, 0) is 57.0 Å². The molecule has 2 amide bonds. The van der Waals surface area contributed by atoms with Crippen LogP contribution in [0.2, 0.25) is 0 Å². The van der Waals surface area contributed by atoms with Gasteiger partial charge in [0, 0.05) is 43.7 Å². The van der Waals surface area contributed by atoms with E-state index in [0.29, 0.717) is 37.4 Å². The maximum absolute atomic E-state index is 12.8. The van der Waals surface area contributed by atoms with Gasteiger partial charge in [0.1, 0.15) is 6.29 Å². The largest absolute Gasteiger partial charge is 0.388 e. The standard InChI is InChI=1S/C25H36N4O2S.C4H10.CH3NO/c1-4-18-9-10-21-23(13-18)32-25(28-21)12-11-24(31)27-22(20-7-5-6-8-20)15-26-14-19(17-30)16-29(2)3;1-3-4-2;2-1-3/h9-10,13-14,17,20,22,26H,4-8,11-12,15-16H2,1-3H3,(H,27,31);3-4H2,1-2H3;1H,(H2,2,3)/b19-14-;;. The van der Waals surface area contributed by atoms with Crippen molar-refractivity contribution < 1.29 is 14.4 Å². The zero-order valence-corrected chi connectivity index (χ0v) is 25.3. The zero-order valence-electron chi connectivity index (χ0n) is 24.5. The van der Waals surface area contributed by atoms with E-state index in [1.165, 1.54) is 35.9 Å². The molecule has 39 heavy (non-hydrogen) atoms. The molecule has 218 valence electrons. The predicted molar refractivity (Wildman–Crippen MR) is 163 cm³/mol. The molecule has 1 unspecified atom stereocenters. The topological polar surface area (TPSA) is 117 Å². The minimum atomic E-state index is 0.0742. The molecule has 1 aliphatic rings. The SMILES string of the molecule is CCCC.CCc1ccc2nc(CCC(=O)NC(CN/C=C(\C=O)CN(C)C)C3CCCC3)sc2c1.NC=O. The third-order valence-corrected chi connectivity index (χ3v) is 7.64. The molecule has 0 aliphatic heterocycles. The first-order valence-corrected chi connectivity index (χ1v) is 15.0. The van der Waals surface area contributed by atoms with Crippen molar-refractivity contribution in [3.63, 3.8) is 0 Å². The smallest absolute Gasteiger partial charge is 0.220 e. The number of hydrogen-bond donors (Lipinski definition) is 3. The molecule has 3 rings (SSSR count). The molecule has 1 aliphatic carbocycles. The number of amides is 2. The second-order valence-electron chi connectivity index (χ2n) is 10.1. The van der Waals surface area contributed by atoms with Crippen molar-refractivity contribution in [2.24, 2.45) is 11.7 Å². The fourth-order valence-electron chi connectivity index (χ4n) is 4.34. The fraction of sp³-hybridized carbons (Fsp3) is 0.600. The van der Waals surface area contributed by atoms with Gasteiger partial charge < -0.3 is 21.3 Å². The lowest BCUT2D eigenvalue weighted by atomic mass is 9.97. The van der Waals surface area contributed by atoms with Crippen LogP contribution in [0.5, 0.6) is 0 Å². The van der Waals surface area contributed by atoms with Crippen molar-refractivity contribution in [2.75, 3.05) is 27.2 Å². The van der Waals surface area contributed by atoms with E-state index in [0.717, 1.165) is 36.1 Å². The summed E-state index contributed by atoms with van der Waals surface area (Å²) >= 11 is 1.69. The van der Waals surface area contributed by atoms with E-state index >= 15 is 0 Å². The molecule has 1 heterocycles. The molecule has 1 atom stereocenters. The second-order valence-corrected chi connectivity index (χ2v) is 11.2. The van der Waals surface area contributed by atoms with Gasteiger partial charge in [-0.1, -0.05) is 52.5 Å². The zero-order chi connectivity index (χ0) is 29.0. The van der Waals surface area contributed by atoms with Crippen LogP contribution in [-0.2, 0) is 27.2 Å². The number of carbonyl (C=O) groups excluding carboxylic acids is 3. The number of carbonyl (C=O) groups is 3. The maximum atomic E-state index is 12.8. The van der Waals surface area contributed by atoms with E-state index in [4.69, 9.17) is 9.78 Å². The number of aryl methyl sites for hydroxylation is 2. The fourth-order valence-corrected chi connectivity index (χ4v) is 5.37. The lowest BCUT2D eigenvalue weighted by Gasteiger charge is -2.25. The first-order chi connectivity index (χ1) is 18.8. The van der Waals surface area contributed by atoms with Crippen LogP contribution in [0.3, 0.4) is 0 Å². The van der Waals surface area contributed by atoms with Gasteiger partial charge in [0.05, 0.1) is 15.2 Å². The van der Waals surface area contributed by atoms with Gasteiger partial charge in [0.2, 0.25) is 12.3 Å². The highest BCUT2D eigenvalue weighted by molar-refractivity contribution is 7.18. The van der Waals surface area contributed by atoms with Crippen molar-refractivity contribution in [2.45, 2.75) is 84.6 Å². The average Bonchev–Trinajstić information content (AvgIpc) is 3.61.